The molecule has 0 aliphatic rings. The predicted molar refractivity (Wildman–Crippen MR) is 46.4 cm³/mol. The Balaban J connectivity index is 3.42. The Morgan fingerprint density at radius 3 is 2.62 bits per heavy atom. The van der Waals surface area contributed by atoms with Crippen molar-refractivity contribution < 1.29 is 19.4 Å². The van der Waals surface area contributed by atoms with Crippen LogP contribution in [-0.2, 0) is 14.3 Å². The average Bonchev–Trinajstić information content (AvgIpc) is 2.02. The third kappa shape index (κ3) is 7.27. The average molecular weight is 189 g/mol. The topological polar surface area (TPSA) is 75.6 Å². The van der Waals surface area contributed by atoms with Crippen molar-refractivity contribution in [3.63, 3.8) is 0 Å². The largest absolute Gasteiger partial charge is 0.481 e. The molecule has 76 valence electrons. The van der Waals surface area contributed by atoms with Gasteiger partial charge >= 0.3 is 11.9 Å². The van der Waals surface area contributed by atoms with E-state index >= 15 is 0 Å². The molecule has 0 unspecified atom stereocenters. The van der Waals surface area contributed by atoms with Crippen LogP contribution in [0.2, 0.25) is 0 Å². The monoisotopic (exact) mass is 189 g/mol. The van der Waals surface area contributed by atoms with E-state index in [1.54, 1.807) is 6.92 Å². The Morgan fingerprint density at radius 2 is 2.15 bits per heavy atom. The van der Waals surface area contributed by atoms with Gasteiger partial charge < -0.3 is 15.2 Å². The Kier molecular flexibility index (Phi) is 5.88. The van der Waals surface area contributed by atoms with Crippen LogP contribution in [0.25, 0.3) is 0 Å². The van der Waals surface area contributed by atoms with Gasteiger partial charge in [-0.1, -0.05) is 0 Å². The van der Waals surface area contributed by atoms with E-state index in [0.29, 0.717) is 6.54 Å². The van der Waals surface area contributed by atoms with Gasteiger partial charge in [-0.25, -0.2) is 0 Å². The van der Waals surface area contributed by atoms with Gasteiger partial charge in [-0.3, -0.25) is 9.59 Å². The molecule has 0 saturated heterocycles. The van der Waals surface area contributed by atoms with Crippen LogP contribution in [0, 0.1) is 0 Å². The first-order valence-corrected chi connectivity index (χ1v) is 4.08. The normalized spacial score (nSPS) is 12.2. The highest BCUT2D eigenvalue weighted by atomic mass is 16.5. The molecule has 5 nitrogen and oxygen atoms in total. The minimum atomic E-state index is -0.849. The summed E-state index contributed by atoms with van der Waals surface area (Å²) in [7, 11) is 1.32. The molecule has 0 fully saturated rings. The van der Waals surface area contributed by atoms with Crippen molar-refractivity contribution in [1.29, 1.82) is 0 Å². The number of ether oxygens (including phenoxy) is 1. The van der Waals surface area contributed by atoms with E-state index in [1.165, 1.54) is 7.11 Å². The van der Waals surface area contributed by atoms with E-state index < -0.39 is 5.97 Å². The summed E-state index contributed by atoms with van der Waals surface area (Å²) in [6, 6.07) is -0.123. The molecule has 0 aliphatic heterocycles. The highest BCUT2D eigenvalue weighted by molar-refractivity contribution is 5.69. The van der Waals surface area contributed by atoms with E-state index in [9.17, 15) is 9.59 Å². The van der Waals surface area contributed by atoms with Crippen molar-refractivity contribution in [1.82, 2.24) is 5.32 Å². The van der Waals surface area contributed by atoms with Gasteiger partial charge in [-0.2, -0.15) is 0 Å². The van der Waals surface area contributed by atoms with Gasteiger partial charge in [0, 0.05) is 12.6 Å². The van der Waals surface area contributed by atoms with Crippen molar-refractivity contribution in [3.05, 3.63) is 0 Å². The third-order valence-corrected chi connectivity index (χ3v) is 1.53. The lowest BCUT2D eigenvalue weighted by Gasteiger charge is -2.09. The molecule has 0 saturated carbocycles. The number of hydrogen-bond acceptors (Lipinski definition) is 4. The molecule has 0 aromatic heterocycles. The molecule has 1 atom stereocenters. The van der Waals surface area contributed by atoms with E-state index in [0.717, 1.165) is 0 Å². The first kappa shape index (κ1) is 11.9. The molecule has 0 rings (SSSR count). The van der Waals surface area contributed by atoms with E-state index in [-0.39, 0.29) is 24.9 Å². The van der Waals surface area contributed by atoms with Crippen LogP contribution in [0.4, 0.5) is 0 Å². The number of aliphatic carboxylic acids is 1. The summed E-state index contributed by atoms with van der Waals surface area (Å²) in [6.45, 7) is 2.20. The summed E-state index contributed by atoms with van der Waals surface area (Å²) in [5.41, 5.74) is 0. The van der Waals surface area contributed by atoms with Gasteiger partial charge in [-0.05, 0) is 6.92 Å². The molecule has 2 N–H and O–H groups in total. The number of carbonyl (C=O) groups excluding carboxylic acids is 1. The quantitative estimate of drug-likeness (QED) is 0.575. The number of esters is 1. The van der Waals surface area contributed by atoms with Crippen molar-refractivity contribution in [2.45, 2.75) is 25.8 Å². The number of hydrogen-bond donors (Lipinski definition) is 2. The predicted octanol–water partition coefficient (Wildman–Crippen LogP) is 0.00230. The Hall–Kier alpha value is -1.10. The molecule has 13 heavy (non-hydrogen) atoms. The third-order valence-electron chi connectivity index (χ3n) is 1.53. The van der Waals surface area contributed by atoms with E-state index in [4.69, 9.17) is 5.11 Å². The maximum Gasteiger partial charge on any atom is 0.306 e. The molecule has 0 spiro atoms. The molecule has 0 heterocycles. The van der Waals surface area contributed by atoms with Crippen LogP contribution in [0.3, 0.4) is 0 Å². The molecular weight excluding hydrogens is 174 g/mol. The SMILES string of the molecule is COC(=O)CCN[C@H](C)CC(=O)O. The van der Waals surface area contributed by atoms with Gasteiger partial charge in [0.05, 0.1) is 20.0 Å². The number of nitrogens with one attached hydrogen (secondary N) is 1. The molecule has 0 aromatic rings. The van der Waals surface area contributed by atoms with Crippen molar-refractivity contribution >= 4 is 11.9 Å². The van der Waals surface area contributed by atoms with Crippen LogP contribution < -0.4 is 5.32 Å². The minimum Gasteiger partial charge on any atom is -0.481 e. The number of rotatable bonds is 6. The first-order chi connectivity index (χ1) is 6.06. The number of carbonyl (C=O) groups is 2. The van der Waals surface area contributed by atoms with Gasteiger partial charge in [0.1, 0.15) is 0 Å². The highest BCUT2D eigenvalue weighted by Gasteiger charge is 2.07. The van der Waals surface area contributed by atoms with E-state index in [1.807, 2.05) is 0 Å². The zero-order valence-corrected chi connectivity index (χ0v) is 7.87. The number of carboxylic acids is 1. The maximum absolute atomic E-state index is 10.6. The summed E-state index contributed by atoms with van der Waals surface area (Å²) < 4.78 is 4.42. The summed E-state index contributed by atoms with van der Waals surface area (Å²) in [4.78, 5) is 20.9. The lowest BCUT2D eigenvalue weighted by molar-refractivity contribution is -0.140. The van der Waals surface area contributed by atoms with Crippen LogP contribution in [0.1, 0.15) is 19.8 Å². The minimum absolute atomic E-state index is 0.0567. The molecular formula is C8H15NO4. The smallest absolute Gasteiger partial charge is 0.306 e. The zero-order chi connectivity index (χ0) is 10.3. The summed E-state index contributed by atoms with van der Waals surface area (Å²) in [5.74, 6) is -1.15. The van der Waals surface area contributed by atoms with Gasteiger partial charge in [0.15, 0.2) is 0 Å². The van der Waals surface area contributed by atoms with Crippen molar-refractivity contribution in [2.24, 2.45) is 0 Å². The fraction of sp³-hybridized carbons (Fsp3) is 0.750. The van der Waals surface area contributed by atoms with Gasteiger partial charge in [0.2, 0.25) is 0 Å². The van der Waals surface area contributed by atoms with Crippen molar-refractivity contribution in [3.8, 4) is 0 Å². The summed E-state index contributed by atoms with van der Waals surface area (Å²) in [5, 5.41) is 11.3. The maximum atomic E-state index is 10.6. The second kappa shape index (κ2) is 6.42. The second-order valence-electron chi connectivity index (χ2n) is 2.78. The first-order valence-electron chi connectivity index (χ1n) is 4.08. The van der Waals surface area contributed by atoms with Crippen molar-refractivity contribution in [2.75, 3.05) is 13.7 Å². The lowest BCUT2D eigenvalue weighted by atomic mass is 10.2. The lowest BCUT2D eigenvalue weighted by Crippen LogP contribution is -2.30. The zero-order valence-electron chi connectivity index (χ0n) is 7.87. The summed E-state index contributed by atoms with van der Waals surface area (Å²) >= 11 is 0. The molecule has 0 aromatic carbocycles. The van der Waals surface area contributed by atoms with Crippen LogP contribution in [-0.4, -0.2) is 36.7 Å². The van der Waals surface area contributed by atoms with Gasteiger partial charge in [0.25, 0.3) is 0 Å². The van der Waals surface area contributed by atoms with Crippen LogP contribution in [0.5, 0.6) is 0 Å². The fourth-order valence-corrected chi connectivity index (χ4v) is 0.857. The molecule has 0 bridgehead atoms. The Bertz CT molecular complexity index is 181. The molecule has 0 aliphatic carbocycles. The second-order valence-corrected chi connectivity index (χ2v) is 2.78. The number of carboxylic acid groups (broad SMARTS) is 1. The molecule has 0 amide bonds. The van der Waals surface area contributed by atoms with Crippen LogP contribution >= 0.6 is 0 Å². The molecule has 0 radical (unpaired) electrons. The standard InChI is InChI=1S/C8H15NO4/c1-6(5-7(10)11)9-4-3-8(12)13-2/h6,9H,3-5H2,1-2H3,(H,10,11)/t6-/m1/s1. The highest BCUT2D eigenvalue weighted by Crippen LogP contribution is 1.90. The van der Waals surface area contributed by atoms with Gasteiger partial charge in [-0.15, -0.1) is 0 Å². The van der Waals surface area contributed by atoms with Crippen LogP contribution in [0.15, 0.2) is 0 Å². The summed E-state index contributed by atoms with van der Waals surface area (Å²) in [6.07, 6.45) is 0.321. The Labute approximate surface area is 77.1 Å². The van der Waals surface area contributed by atoms with E-state index in [2.05, 4.69) is 10.1 Å². The Morgan fingerprint density at radius 1 is 1.54 bits per heavy atom. The number of methoxy groups -OCH3 is 1. The fourth-order valence-electron chi connectivity index (χ4n) is 0.857. The molecule has 5 heteroatoms.